The summed E-state index contributed by atoms with van der Waals surface area (Å²) in [5, 5.41) is 12.0. The Labute approximate surface area is 182 Å². The summed E-state index contributed by atoms with van der Waals surface area (Å²) in [6.07, 6.45) is -0.515. The van der Waals surface area contributed by atoms with Gasteiger partial charge in [-0.3, -0.25) is 4.79 Å². The molecule has 0 aliphatic carbocycles. The first-order valence-corrected chi connectivity index (χ1v) is 10.5. The Morgan fingerprint density at radius 3 is 2.79 bits per heavy atom. The summed E-state index contributed by atoms with van der Waals surface area (Å²) in [7, 11) is 0. The lowest BCUT2D eigenvalue weighted by atomic mass is 10.1. The summed E-state index contributed by atoms with van der Waals surface area (Å²) in [5.41, 5.74) is 2.95. The zero-order valence-corrected chi connectivity index (χ0v) is 18.4. The van der Waals surface area contributed by atoms with Crippen LogP contribution in [0.15, 0.2) is 46.0 Å². The molecule has 0 fully saturated rings. The Bertz CT molecular complexity index is 1030. The van der Waals surface area contributed by atoms with Gasteiger partial charge in [0, 0.05) is 10.7 Å². The predicted molar refractivity (Wildman–Crippen MR) is 115 cm³/mol. The van der Waals surface area contributed by atoms with Crippen molar-refractivity contribution >= 4 is 46.6 Å². The summed E-state index contributed by atoms with van der Waals surface area (Å²) in [4.78, 5) is 12.2. The summed E-state index contributed by atoms with van der Waals surface area (Å²) >= 11 is 13.2. The highest BCUT2D eigenvalue weighted by Gasteiger charge is 2.18. The number of hydrogen-bond donors (Lipinski definition) is 1. The lowest BCUT2D eigenvalue weighted by molar-refractivity contribution is -0.113. The van der Waals surface area contributed by atoms with Crippen molar-refractivity contribution in [1.29, 1.82) is 0 Å². The number of carbonyl (C=O) groups excluding carboxylic acids is 1. The molecule has 0 saturated heterocycles. The highest BCUT2D eigenvalue weighted by molar-refractivity contribution is 7.99. The molecule has 9 heteroatoms. The molecule has 0 spiro atoms. The van der Waals surface area contributed by atoms with E-state index in [9.17, 15) is 4.79 Å². The second-order valence-corrected chi connectivity index (χ2v) is 8.10. The first kappa shape index (κ1) is 21.5. The van der Waals surface area contributed by atoms with Crippen LogP contribution < -0.4 is 10.1 Å². The van der Waals surface area contributed by atoms with Gasteiger partial charge < -0.3 is 14.5 Å². The molecular weight excluding hydrogens is 433 g/mol. The first-order chi connectivity index (χ1) is 13.8. The third-order valence-corrected chi connectivity index (χ3v) is 5.52. The highest BCUT2D eigenvalue weighted by atomic mass is 35.5. The van der Waals surface area contributed by atoms with Gasteiger partial charge in [-0.2, -0.15) is 0 Å². The lowest BCUT2D eigenvalue weighted by Gasteiger charge is -2.12. The van der Waals surface area contributed by atoms with Crippen LogP contribution in [0.1, 0.15) is 30.0 Å². The van der Waals surface area contributed by atoms with Gasteiger partial charge in [0.15, 0.2) is 6.10 Å². The average Bonchev–Trinajstić information content (AvgIpc) is 3.15. The standard InChI is InChI=1S/C20H19Cl2N3O3S/c1-11-5-4-6-16(12(11)2)23-18(26)10-29-20-25-24-19(28-20)13(3)27-17-8-7-14(21)9-15(17)22/h4-9,13H,10H2,1-3H3,(H,23,26)/t13-/m1/s1. The van der Waals surface area contributed by atoms with Crippen LogP contribution in [0.5, 0.6) is 5.75 Å². The molecule has 1 aromatic heterocycles. The van der Waals surface area contributed by atoms with Crippen molar-refractivity contribution < 1.29 is 13.9 Å². The third-order valence-electron chi connectivity index (χ3n) is 4.17. The fourth-order valence-electron chi connectivity index (χ4n) is 2.45. The van der Waals surface area contributed by atoms with E-state index in [1.54, 1.807) is 25.1 Å². The number of amides is 1. The number of rotatable bonds is 7. The molecule has 0 radical (unpaired) electrons. The molecule has 3 rings (SSSR count). The van der Waals surface area contributed by atoms with Gasteiger partial charge in [0.25, 0.3) is 11.1 Å². The summed E-state index contributed by atoms with van der Waals surface area (Å²) in [5.74, 6) is 0.741. The number of hydrogen-bond acceptors (Lipinski definition) is 6. The number of ether oxygens (including phenoxy) is 1. The van der Waals surface area contributed by atoms with Crippen molar-refractivity contribution in [3.63, 3.8) is 0 Å². The Kier molecular flexibility index (Phi) is 7.05. The number of aromatic nitrogens is 2. The van der Waals surface area contributed by atoms with Crippen molar-refractivity contribution in [3.8, 4) is 5.75 Å². The molecule has 29 heavy (non-hydrogen) atoms. The monoisotopic (exact) mass is 451 g/mol. The Morgan fingerprint density at radius 1 is 1.24 bits per heavy atom. The van der Waals surface area contributed by atoms with Crippen LogP contribution in [0, 0.1) is 13.8 Å². The zero-order valence-electron chi connectivity index (χ0n) is 16.0. The van der Waals surface area contributed by atoms with Crippen molar-refractivity contribution in [1.82, 2.24) is 10.2 Å². The SMILES string of the molecule is Cc1cccc(NC(=O)CSc2nnc([C@@H](C)Oc3ccc(Cl)cc3Cl)o2)c1C. The van der Waals surface area contributed by atoms with Gasteiger partial charge in [-0.05, 0) is 56.2 Å². The molecular formula is C20H19Cl2N3O3S. The first-order valence-electron chi connectivity index (χ1n) is 8.77. The molecule has 3 aromatic rings. The van der Waals surface area contributed by atoms with E-state index in [0.29, 0.717) is 15.8 Å². The maximum absolute atomic E-state index is 12.2. The van der Waals surface area contributed by atoms with Crippen LogP contribution in [0.3, 0.4) is 0 Å². The molecule has 2 aromatic carbocycles. The quantitative estimate of drug-likeness (QED) is 0.452. The fourth-order valence-corrected chi connectivity index (χ4v) is 3.48. The Morgan fingerprint density at radius 2 is 2.03 bits per heavy atom. The third kappa shape index (κ3) is 5.65. The van der Waals surface area contributed by atoms with Gasteiger partial charge in [-0.25, -0.2) is 0 Å². The summed E-state index contributed by atoms with van der Waals surface area (Å²) in [6, 6.07) is 10.7. The van der Waals surface area contributed by atoms with Gasteiger partial charge >= 0.3 is 0 Å². The molecule has 1 amide bonds. The van der Waals surface area contributed by atoms with E-state index in [0.717, 1.165) is 28.6 Å². The minimum Gasteiger partial charge on any atom is -0.479 e. The van der Waals surface area contributed by atoms with Gasteiger partial charge in [0.2, 0.25) is 5.91 Å². The van der Waals surface area contributed by atoms with E-state index in [1.165, 1.54) is 0 Å². The predicted octanol–water partition coefficient (Wildman–Crippen LogP) is 5.86. The van der Waals surface area contributed by atoms with E-state index < -0.39 is 6.10 Å². The average molecular weight is 452 g/mol. The van der Waals surface area contributed by atoms with Crippen molar-refractivity contribution in [2.45, 2.75) is 32.1 Å². The number of nitrogens with one attached hydrogen (secondary N) is 1. The lowest BCUT2D eigenvalue weighted by Crippen LogP contribution is -2.15. The largest absolute Gasteiger partial charge is 0.479 e. The van der Waals surface area contributed by atoms with Crippen molar-refractivity contribution in [2.75, 3.05) is 11.1 Å². The number of nitrogens with zero attached hydrogens (tertiary/aromatic N) is 2. The number of benzene rings is 2. The Balaban J connectivity index is 1.55. The molecule has 1 N–H and O–H groups in total. The highest BCUT2D eigenvalue weighted by Crippen LogP contribution is 2.31. The molecule has 1 atom stereocenters. The summed E-state index contributed by atoms with van der Waals surface area (Å²) in [6.45, 7) is 5.73. The van der Waals surface area contributed by atoms with E-state index in [1.807, 2.05) is 32.0 Å². The van der Waals surface area contributed by atoms with Crippen LogP contribution in [0.25, 0.3) is 0 Å². The molecule has 1 heterocycles. The van der Waals surface area contributed by atoms with Crippen molar-refractivity contribution in [2.24, 2.45) is 0 Å². The molecule has 0 unspecified atom stereocenters. The number of anilines is 1. The maximum Gasteiger partial charge on any atom is 0.277 e. The van der Waals surface area contributed by atoms with Crippen LogP contribution in [-0.2, 0) is 4.79 Å². The summed E-state index contributed by atoms with van der Waals surface area (Å²) < 4.78 is 11.3. The normalized spacial score (nSPS) is 11.9. The van der Waals surface area contributed by atoms with Crippen molar-refractivity contribution in [3.05, 3.63) is 63.5 Å². The van der Waals surface area contributed by atoms with Gasteiger partial charge in [-0.15, -0.1) is 10.2 Å². The maximum atomic E-state index is 12.2. The zero-order chi connectivity index (χ0) is 21.0. The molecule has 0 bridgehead atoms. The number of halogens is 2. The minimum absolute atomic E-state index is 0.146. The minimum atomic E-state index is -0.515. The van der Waals surface area contributed by atoms with Gasteiger partial charge in [0.1, 0.15) is 5.75 Å². The topological polar surface area (TPSA) is 77.2 Å². The number of carbonyl (C=O) groups is 1. The van der Waals surface area contributed by atoms with E-state index >= 15 is 0 Å². The number of thioether (sulfide) groups is 1. The second-order valence-electron chi connectivity index (χ2n) is 6.33. The molecule has 152 valence electrons. The Hall–Kier alpha value is -2.22. The van der Waals surface area contributed by atoms with Gasteiger partial charge in [-0.1, -0.05) is 47.1 Å². The smallest absolute Gasteiger partial charge is 0.277 e. The molecule has 0 aliphatic heterocycles. The molecule has 0 saturated carbocycles. The van der Waals surface area contributed by atoms with E-state index in [2.05, 4.69) is 15.5 Å². The second kappa shape index (κ2) is 9.52. The van der Waals surface area contributed by atoms with Crippen LogP contribution in [-0.4, -0.2) is 21.9 Å². The van der Waals surface area contributed by atoms with Gasteiger partial charge in [0.05, 0.1) is 10.8 Å². The molecule has 6 nitrogen and oxygen atoms in total. The van der Waals surface area contributed by atoms with E-state index in [-0.39, 0.29) is 22.8 Å². The number of aryl methyl sites for hydroxylation is 1. The van der Waals surface area contributed by atoms with Crippen LogP contribution in [0.2, 0.25) is 10.0 Å². The van der Waals surface area contributed by atoms with Crippen LogP contribution >= 0.6 is 35.0 Å². The van der Waals surface area contributed by atoms with E-state index in [4.69, 9.17) is 32.4 Å². The van der Waals surface area contributed by atoms with Crippen LogP contribution in [0.4, 0.5) is 5.69 Å². The fraction of sp³-hybridized carbons (Fsp3) is 0.250. The molecule has 0 aliphatic rings.